The van der Waals surface area contributed by atoms with E-state index in [0.717, 1.165) is 16.6 Å². The number of hydrogen-bond acceptors (Lipinski definition) is 3. The summed E-state index contributed by atoms with van der Waals surface area (Å²) in [5.74, 6) is 0. The van der Waals surface area contributed by atoms with Crippen molar-refractivity contribution in [3.05, 3.63) is 24.3 Å². The lowest BCUT2D eigenvalue weighted by Gasteiger charge is -2.03. The minimum atomic E-state index is 0.817. The van der Waals surface area contributed by atoms with Crippen molar-refractivity contribution >= 4 is 23.3 Å². The molecule has 1 aromatic carbocycles. The van der Waals surface area contributed by atoms with E-state index in [1.165, 1.54) is 12.8 Å². The normalized spacial score (nSPS) is 16.0. The van der Waals surface area contributed by atoms with E-state index in [9.17, 15) is 0 Å². The van der Waals surface area contributed by atoms with Crippen LogP contribution in [0.1, 0.15) is 12.8 Å². The van der Waals surface area contributed by atoms with Crippen molar-refractivity contribution in [1.29, 1.82) is 0 Å². The molecule has 0 radical (unpaired) electrons. The predicted molar refractivity (Wildman–Crippen MR) is 55.1 cm³/mol. The van der Waals surface area contributed by atoms with Crippen LogP contribution in [-0.2, 0) is 0 Å². The first-order chi connectivity index (χ1) is 5.84. The maximum atomic E-state index is 5.56. The van der Waals surface area contributed by atoms with E-state index in [4.69, 9.17) is 5.73 Å². The Balaban J connectivity index is 1.89. The average Bonchev–Trinajstić information content (AvgIpc) is 2.87. The molecule has 1 aliphatic carbocycles. The number of rotatable bonds is 3. The van der Waals surface area contributed by atoms with Crippen LogP contribution >= 0.6 is 11.9 Å². The Hall–Kier alpha value is -0.830. The van der Waals surface area contributed by atoms with Crippen LogP contribution in [-0.4, -0.2) is 5.25 Å². The first-order valence-corrected chi connectivity index (χ1v) is 5.00. The van der Waals surface area contributed by atoms with Crippen molar-refractivity contribution in [3.63, 3.8) is 0 Å². The summed E-state index contributed by atoms with van der Waals surface area (Å²) in [4.78, 5) is 0. The highest BCUT2D eigenvalue weighted by Crippen LogP contribution is 2.34. The van der Waals surface area contributed by atoms with E-state index in [1.54, 1.807) is 0 Å². The Morgan fingerprint density at radius 2 is 1.92 bits per heavy atom. The standard InChI is InChI=1S/C9H12N2S/c10-7-1-3-8(4-2-7)11-12-9-5-6-9/h1-4,9,11H,5-6,10H2. The molecule has 0 saturated heterocycles. The Kier molecular flexibility index (Phi) is 2.13. The molecule has 3 N–H and O–H groups in total. The first-order valence-electron chi connectivity index (χ1n) is 4.12. The van der Waals surface area contributed by atoms with Gasteiger partial charge in [-0.15, -0.1) is 0 Å². The van der Waals surface area contributed by atoms with Gasteiger partial charge in [-0.1, -0.05) is 0 Å². The molecule has 2 nitrogen and oxygen atoms in total. The lowest BCUT2D eigenvalue weighted by atomic mass is 10.3. The number of nitrogens with one attached hydrogen (secondary N) is 1. The lowest BCUT2D eigenvalue weighted by Crippen LogP contribution is -1.89. The van der Waals surface area contributed by atoms with Gasteiger partial charge in [-0.05, 0) is 49.1 Å². The molecule has 2 rings (SSSR count). The van der Waals surface area contributed by atoms with Crippen LogP contribution in [0.15, 0.2) is 24.3 Å². The highest BCUT2D eigenvalue weighted by molar-refractivity contribution is 8.01. The Bertz CT molecular complexity index is 254. The molecule has 0 atom stereocenters. The first kappa shape index (κ1) is 7.80. The molecule has 0 spiro atoms. The minimum absolute atomic E-state index is 0.817. The van der Waals surface area contributed by atoms with E-state index in [2.05, 4.69) is 4.72 Å². The number of hydrogen-bond donors (Lipinski definition) is 2. The number of nitrogen functional groups attached to an aromatic ring is 1. The summed E-state index contributed by atoms with van der Waals surface area (Å²) < 4.78 is 3.29. The third kappa shape index (κ3) is 2.08. The van der Waals surface area contributed by atoms with Crippen LogP contribution in [0.4, 0.5) is 11.4 Å². The second kappa shape index (κ2) is 3.27. The largest absolute Gasteiger partial charge is 0.399 e. The van der Waals surface area contributed by atoms with Gasteiger partial charge < -0.3 is 10.5 Å². The van der Waals surface area contributed by atoms with Gasteiger partial charge in [0.05, 0.1) is 0 Å². The molecule has 1 aliphatic rings. The Labute approximate surface area is 76.7 Å². The van der Waals surface area contributed by atoms with Crippen molar-refractivity contribution in [1.82, 2.24) is 0 Å². The zero-order valence-electron chi connectivity index (χ0n) is 6.79. The third-order valence-corrected chi connectivity index (χ3v) is 2.94. The minimum Gasteiger partial charge on any atom is -0.399 e. The highest BCUT2D eigenvalue weighted by Gasteiger charge is 2.21. The zero-order chi connectivity index (χ0) is 8.39. The smallest absolute Gasteiger partial charge is 0.0441 e. The quantitative estimate of drug-likeness (QED) is 0.554. The van der Waals surface area contributed by atoms with Crippen LogP contribution < -0.4 is 10.5 Å². The zero-order valence-corrected chi connectivity index (χ0v) is 7.60. The summed E-state index contributed by atoms with van der Waals surface area (Å²) >= 11 is 1.81. The second-order valence-corrected chi connectivity index (χ2v) is 4.15. The molecule has 0 amide bonds. The summed E-state index contributed by atoms with van der Waals surface area (Å²) in [7, 11) is 0. The summed E-state index contributed by atoms with van der Waals surface area (Å²) in [6.45, 7) is 0. The van der Waals surface area contributed by atoms with Crippen molar-refractivity contribution in [2.45, 2.75) is 18.1 Å². The molecule has 0 aliphatic heterocycles. The van der Waals surface area contributed by atoms with Gasteiger partial charge in [-0.3, -0.25) is 0 Å². The van der Waals surface area contributed by atoms with Gasteiger partial charge in [0.25, 0.3) is 0 Å². The fourth-order valence-corrected chi connectivity index (χ4v) is 1.70. The van der Waals surface area contributed by atoms with Crippen molar-refractivity contribution in [2.24, 2.45) is 0 Å². The third-order valence-electron chi connectivity index (χ3n) is 1.78. The van der Waals surface area contributed by atoms with E-state index in [1.807, 2.05) is 36.2 Å². The SMILES string of the molecule is Nc1ccc(NSC2CC2)cc1. The fourth-order valence-electron chi connectivity index (χ4n) is 0.888. The summed E-state index contributed by atoms with van der Waals surface area (Å²) in [5, 5.41) is 0.836. The van der Waals surface area contributed by atoms with E-state index >= 15 is 0 Å². The molecule has 3 heteroatoms. The number of nitrogens with two attached hydrogens (primary N) is 1. The molecular formula is C9H12N2S. The van der Waals surface area contributed by atoms with Gasteiger partial charge in [-0.2, -0.15) is 0 Å². The van der Waals surface area contributed by atoms with E-state index in [-0.39, 0.29) is 0 Å². The topological polar surface area (TPSA) is 38.0 Å². The van der Waals surface area contributed by atoms with Crippen molar-refractivity contribution in [2.75, 3.05) is 10.5 Å². The van der Waals surface area contributed by atoms with E-state index in [0.29, 0.717) is 0 Å². The molecule has 12 heavy (non-hydrogen) atoms. The lowest BCUT2D eigenvalue weighted by molar-refractivity contribution is 1.50. The predicted octanol–water partition coefficient (Wildman–Crippen LogP) is 2.49. The number of benzene rings is 1. The Morgan fingerprint density at radius 1 is 1.25 bits per heavy atom. The van der Waals surface area contributed by atoms with Gasteiger partial charge >= 0.3 is 0 Å². The van der Waals surface area contributed by atoms with Gasteiger partial charge in [-0.25, -0.2) is 0 Å². The molecule has 0 heterocycles. The average molecular weight is 180 g/mol. The molecule has 0 bridgehead atoms. The maximum Gasteiger partial charge on any atom is 0.0441 e. The second-order valence-electron chi connectivity index (χ2n) is 3.04. The molecule has 0 unspecified atom stereocenters. The number of anilines is 2. The van der Waals surface area contributed by atoms with Crippen LogP contribution in [0.5, 0.6) is 0 Å². The molecule has 1 saturated carbocycles. The summed E-state index contributed by atoms with van der Waals surface area (Å²) in [5.41, 5.74) is 7.52. The molecule has 1 aromatic rings. The fraction of sp³-hybridized carbons (Fsp3) is 0.333. The summed E-state index contributed by atoms with van der Waals surface area (Å²) in [6, 6.07) is 7.83. The Morgan fingerprint density at radius 3 is 2.50 bits per heavy atom. The molecule has 0 aromatic heterocycles. The van der Waals surface area contributed by atoms with Crippen molar-refractivity contribution < 1.29 is 0 Å². The van der Waals surface area contributed by atoms with Gasteiger partial charge in [0.2, 0.25) is 0 Å². The van der Waals surface area contributed by atoms with Crippen LogP contribution in [0.3, 0.4) is 0 Å². The monoisotopic (exact) mass is 180 g/mol. The van der Waals surface area contributed by atoms with Crippen LogP contribution in [0.25, 0.3) is 0 Å². The van der Waals surface area contributed by atoms with Gasteiger partial charge in [0.1, 0.15) is 0 Å². The van der Waals surface area contributed by atoms with Crippen molar-refractivity contribution in [3.8, 4) is 0 Å². The van der Waals surface area contributed by atoms with Gasteiger partial charge in [0, 0.05) is 16.6 Å². The van der Waals surface area contributed by atoms with Gasteiger partial charge in [0.15, 0.2) is 0 Å². The molecule has 64 valence electrons. The molecule has 1 fully saturated rings. The van der Waals surface area contributed by atoms with E-state index < -0.39 is 0 Å². The molecular weight excluding hydrogens is 168 g/mol. The highest BCUT2D eigenvalue weighted by atomic mass is 32.2. The van der Waals surface area contributed by atoms with Crippen LogP contribution in [0.2, 0.25) is 0 Å². The van der Waals surface area contributed by atoms with Crippen LogP contribution in [0, 0.1) is 0 Å². The summed E-state index contributed by atoms with van der Waals surface area (Å²) in [6.07, 6.45) is 2.71. The maximum absolute atomic E-state index is 5.56.